The van der Waals surface area contributed by atoms with Crippen LogP contribution in [0, 0.1) is 41.9 Å². The first-order valence-electron chi connectivity index (χ1n) is 11.8. The molecule has 1 aromatic heterocycles. The van der Waals surface area contributed by atoms with Gasteiger partial charge in [0.15, 0.2) is 0 Å². The topological polar surface area (TPSA) is 48.1 Å². The minimum absolute atomic E-state index is 0.397. The lowest BCUT2D eigenvalue weighted by atomic mass is 9.79. The van der Waals surface area contributed by atoms with Crippen LogP contribution in [0.4, 0.5) is 0 Å². The number of rotatable bonds is 6. The zero-order valence-electron chi connectivity index (χ0n) is 19.1. The Balaban J connectivity index is 0.000000687. The van der Waals surface area contributed by atoms with E-state index < -0.39 is 0 Å². The van der Waals surface area contributed by atoms with Gasteiger partial charge in [-0.3, -0.25) is 4.98 Å². The number of hydrogen-bond donors (Lipinski definition) is 1. The van der Waals surface area contributed by atoms with Crippen LogP contribution in [-0.2, 0) is 0 Å². The lowest BCUT2D eigenvalue weighted by Crippen LogP contribution is -2.22. The summed E-state index contributed by atoms with van der Waals surface area (Å²) in [7, 11) is 0. The van der Waals surface area contributed by atoms with Crippen LogP contribution in [0.15, 0.2) is 43.2 Å². The summed E-state index contributed by atoms with van der Waals surface area (Å²) in [6, 6.07) is 8.49. The maximum absolute atomic E-state index is 6.50. The molecular weight excluding hydrogens is 368 g/mol. The van der Waals surface area contributed by atoms with Crippen LogP contribution in [0.1, 0.15) is 58.4 Å². The SMILES string of the molecule is C=CN.CCC1CC1(CC)C(C)C1C2CC(Oc3ccnc4ccc(C)cc34)CC21. The Morgan fingerprint density at radius 3 is 2.57 bits per heavy atom. The molecule has 2 N–H and O–H groups in total. The Hall–Kier alpha value is -2.03. The lowest BCUT2D eigenvalue weighted by molar-refractivity contribution is 0.163. The molecule has 5 atom stereocenters. The molecule has 3 saturated carbocycles. The highest BCUT2D eigenvalue weighted by Crippen LogP contribution is 2.71. The maximum Gasteiger partial charge on any atom is 0.130 e. The smallest absolute Gasteiger partial charge is 0.130 e. The number of fused-ring (bicyclic) bond motifs is 2. The van der Waals surface area contributed by atoms with Crippen molar-refractivity contribution in [3.05, 3.63) is 48.8 Å². The van der Waals surface area contributed by atoms with Crippen LogP contribution < -0.4 is 10.5 Å². The number of ether oxygens (including phenoxy) is 1. The van der Waals surface area contributed by atoms with Gasteiger partial charge in [-0.1, -0.05) is 45.4 Å². The monoisotopic (exact) mass is 406 g/mol. The quantitative estimate of drug-likeness (QED) is 0.596. The van der Waals surface area contributed by atoms with Crippen LogP contribution in [0.2, 0.25) is 0 Å². The minimum Gasteiger partial charge on any atom is -0.490 e. The van der Waals surface area contributed by atoms with E-state index in [2.05, 4.69) is 63.2 Å². The van der Waals surface area contributed by atoms with E-state index in [0.29, 0.717) is 11.5 Å². The molecule has 2 aromatic rings. The molecule has 0 spiro atoms. The number of benzene rings is 1. The van der Waals surface area contributed by atoms with Gasteiger partial charge in [-0.25, -0.2) is 0 Å². The van der Waals surface area contributed by atoms with Crippen molar-refractivity contribution < 1.29 is 4.74 Å². The summed E-state index contributed by atoms with van der Waals surface area (Å²) in [5.41, 5.74) is 7.60. The second kappa shape index (κ2) is 8.24. The number of nitrogens with zero attached hydrogens (tertiary/aromatic N) is 1. The molecule has 5 rings (SSSR count). The van der Waals surface area contributed by atoms with Crippen LogP contribution in [0.25, 0.3) is 10.9 Å². The molecule has 0 amide bonds. The highest BCUT2D eigenvalue weighted by molar-refractivity contribution is 5.85. The molecule has 5 unspecified atom stereocenters. The van der Waals surface area contributed by atoms with Gasteiger partial charge < -0.3 is 10.5 Å². The fraction of sp³-hybridized carbons (Fsp3) is 0.593. The molecule has 0 saturated heterocycles. The van der Waals surface area contributed by atoms with E-state index in [1.54, 1.807) is 0 Å². The van der Waals surface area contributed by atoms with Crippen molar-refractivity contribution in [3.63, 3.8) is 0 Å². The van der Waals surface area contributed by atoms with Gasteiger partial charge in [-0.05, 0) is 92.0 Å². The average molecular weight is 407 g/mol. The first-order valence-corrected chi connectivity index (χ1v) is 11.8. The zero-order chi connectivity index (χ0) is 21.5. The molecule has 30 heavy (non-hydrogen) atoms. The van der Waals surface area contributed by atoms with Gasteiger partial charge in [-0.15, -0.1) is 0 Å². The van der Waals surface area contributed by atoms with E-state index in [0.717, 1.165) is 46.2 Å². The number of aromatic nitrogens is 1. The molecular formula is C27H38N2O. The largest absolute Gasteiger partial charge is 0.490 e. The van der Waals surface area contributed by atoms with Gasteiger partial charge >= 0.3 is 0 Å². The fourth-order valence-electron chi connectivity index (χ4n) is 6.84. The van der Waals surface area contributed by atoms with Gasteiger partial charge in [0.05, 0.1) is 11.6 Å². The van der Waals surface area contributed by atoms with E-state index in [4.69, 9.17) is 4.74 Å². The van der Waals surface area contributed by atoms with Crippen LogP contribution >= 0.6 is 0 Å². The Bertz CT molecular complexity index is 897. The summed E-state index contributed by atoms with van der Waals surface area (Å²) in [4.78, 5) is 4.50. The molecule has 162 valence electrons. The van der Waals surface area contributed by atoms with Gasteiger partial charge in [0.2, 0.25) is 0 Å². The second-order valence-corrected chi connectivity index (χ2v) is 9.87. The Morgan fingerprint density at radius 2 is 1.97 bits per heavy atom. The summed E-state index contributed by atoms with van der Waals surface area (Å²) in [5.74, 6) is 5.74. The van der Waals surface area contributed by atoms with E-state index in [-0.39, 0.29) is 0 Å². The van der Waals surface area contributed by atoms with Crippen molar-refractivity contribution in [2.75, 3.05) is 0 Å². The summed E-state index contributed by atoms with van der Waals surface area (Å²) in [6.45, 7) is 12.6. The molecule has 3 heteroatoms. The first kappa shape index (κ1) is 21.2. The van der Waals surface area contributed by atoms with E-state index in [1.807, 2.05) is 12.3 Å². The van der Waals surface area contributed by atoms with Gasteiger partial charge in [0, 0.05) is 11.6 Å². The third-order valence-corrected chi connectivity index (χ3v) is 8.53. The van der Waals surface area contributed by atoms with Gasteiger partial charge in [0.25, 0.3) is 0 Å². The molecule has 3 nitrogen and oxygen atoms in total. The van der Waals surface area contributed by atoms with E-state index >= 15 is 0 Å². The Morgan fingerprint density at radius 1 is 1.27 bits per heavy atom. The summed E-state index contributed by atoms with van der Waals surface area (Å²) in [6.07, 6.45) is 10.3. The first-order chi connectivity index (χ1) is 14.5. The number of aryl methyl sites for hydroxylation is 1. The number of nitrogens with two attached hydrogens (primary N) is 1. The predicted molar refractivity (Wildman–Crippen MR) is 125 cm³/mol. The van der Waals surface area contributed by atoms with Crippen molar-refractivity contribution in [2.24, 2.45) is 40.7 Å². The summed E-state index contributed by atoms with van der Waals surface area (Å²) < 4.78 is 6.50. The lowest BCUT2D eigenvalue weighted by Gasteiger charge is -2.27. The number of pyridine rings is 1. The Kier molecular flexibility index (Phi) is 5.83. The maximum atomic E-state index is 6.50. The highest BCUT2D eigenvalue weighted by atomic mass is 16.5. The molecule has 1 aromatic carbocycles. The van der Waals surface area contributed by atoms with Crippen molar-refractivity contribution in [1.29, 1.82) is 0 Å². The zero-order valence-corrected chi connectivity index (χ0v) is 19.1. The molecule has 3 aliphatic rings. The van der Waals surface area contributed by atoms with Crippen LogP contribution in [0.3, 0.4) is 0 Å². The standard InChI is InChI=1S/C25H33NO.C2H5N/c1-5-17-14-25(17,6-2)16(4)24-19-12-18(13-20(19)24)27-23-9-10-26-22-8-7-15(3)11-21(22)23;1-2-3/h7-11,16-20,24H,5-6,12-14H2,1-4H3;2H,1,3H2. The fourth-order valence-corrected chi connectivity index (χ4v) is 6.84. The van der Waals surface area contributed by atoms with Crippen molar-refractivity contribution in [3.8, 4) is 5.75 Å². The highest BCUT2D eigenvalue weighted by Gasteiger charge is 2.66. The van der Waals surface area contributed by atoms with Crippen molar-refractivity contribution >= 4 is 10.9 Å². The molecule has 3 aliphatic carbocycles. The normalized spacial score (nSPS) is 34.5. The van der Waals surface area contributed by atoms with Gasteiger partial charge in [-0.2, -0.15) is 0 Å². The summed E-state index contributed by atoms with van der Waals surface area (Å²) in [5, 5.41) is 1.16. The van der Waals surface area contributed by atoms with E-state index in [1.165, 1.54) is 43.9 Å². The van der Waals surface area contributed by atoms with Crippen molar-refractivity contribution in [2.45, 2.75) is 65.9 Å². The molecule has 1 heterocycles. The van der Waals surface area contributed by atoms with Crippen LogP contribution in [0.5, 0.6) is 5.75 Å². The molecule has 0 bridgehead atoms. The second-order valence-electron chi connectivity index (χ2n) is 9.87. The molecule has 3 fully saturated rings. The predicted octanol–water partition coefficient (Wildman–Crippen LogP) is 6.50. The van der Waals surface area contributed by atoms with E-state index in [9.17, 15) is 0 Å². The Labute approximate surface area is 182 Å². The third-order valence-electron chi connectivity index (χ3n) is 8.53. The van der Waals surface area contributed by atoms with Gasteiger partial charge in [0.1, 0.15) is 5.75 Å². The molecule has 0 radical (unpaired) electrons. The summed E-state index contributed by atoms with van der Waals surface area (Å²) >= 11 is 0. The average Bonchev–Trinajstić information content (AvgIpc) is 3.60. The number of hydrogen-bond acceptors (Lipinski definition) is 3. The van der Waals surface area contributed by atoms with Crippen molar-refractivity contribution in [1.82, 2.24) is 4.98 Å². The third kappa shape index (κ3) is 3.61. The van der Waals surface area contributed by atoms with Crippen LogP contribution in [-0.4, -0.2) is 11.1 Å². The molecule has 0 aliphatic heterocycles. The minimum atomic E-state index is 0.397.